The lowest BCUT2D eigenvalue weighted by atomic mass is 10.2. The van der Waals surface area contributed by atoms with E-state index in [1.807, 2.05) is 25.2 Å². The molecule has 92 valence electrons. The van der Waals surface area contributed by atoms with Gasteiger partial charge in [0.15, 0.2) is 5.96 Å². The van der Waals surface area contributed by atoms with Crippen molar-refractivity contribution in [3.63, 3.8) is 0 Å². The fourth-order valence-corrected chi connectivity index (χ4v) is 1.98. The molecular formula is C14H21N3. The third kappa shape index (κ3) is 3.48. The largest absolute Gasteiger partial charge is 0.370 e. The highest BCUT2D eigenvalue weighted by atomic mass is 15.2. The molecule has 0 spiro atoms. The number of hydrogen-bond donors (Lipinski definition) is 1. The standard InChI is InChI=1S/C14H21N3/c1-11-8-13(11)10-17(2)14(15)16-9-12-6-4-3-5-7-12/h3-7,11,13H,8-10H2,1-2H3,(H2,15,16). The summed E-state index contributed by atoms with van der Waals surface area (Å²) >= 11 is 0. The van der Waals surface area contributed by atoms with Gasteiger partial charge in [0.1, 0.15) is 0 Å². The molecule has 3 nitrogen and oxygen atoms in total. The van der Waals surface area contributed by atoms with Crippen molar-refractivity contribution in [3.8, 4) is 0 Å². The topological polar surface area (TPSA) is 41.6 Å². The van der Waals surface area contributed by atoms with Crippen LogP contribution in [0.4, 0.5) is 0 Å². The molecule has 0 saturated heterocycles. The first-order valence-electron chi connectivity index (χ1n) is 6.22. The molecule has 0 amide bonds. The van der Waals surface area contributed by atoms with Gasteiger partial charge < -0.3 is 10.6 Å². The summed E-state index contributed by atoms with van der Waals surface area (Å²) in [4.78, 5) is 6.49. The Labute approximate surface area is 103 Å². The minimum absolute atomic E-state index is 0.646. The van der Waals surface area contributed by atoms with E-state index in [-0.39, 0.29) is 0 Å². The average molecular weight is 231 g/mol. The third-order valence-corrected chi connectivity index (χ3v) is 3.44. The SMILES string of the molecule is CC1CC1CN(C)C(N)=NCc1ccccc1. The van der Waals surface area contributed by atoms with E-state index in [4.69, 9.17) is 5.73 Å². The molecule has 3 heteroatoms. The second-order valence-corrected chi connectivity index (χ2v) is 5.01. The Morgan fingerprint density at radius 1 is 1.41 bits per heavy atom. The molecule has 2 rings (SSSR count). The zero-order valence-electron chi connectivity index (χ0n) is 10.6. The fraction of sp³-hybridized carbons (Fsp3) is 0.500. The lowest BCUT2D eigenvalue weighted by Crippen LogP contribution is -2.35. The van der Waals surface area contributed by atoms with Crippen LogP contribution in [-0.2, 0) is 6.54 Å². The van der Waals surface area contributed by atoms with Crippen molar-refractivity contribution in [1.29, 1.82) is 0 Å². The molecule has 0 aromatic heterocycles. The number of guanidine groups is 1. The van der Waals surface area contributed by atoms with Crippen LogP contribution in [0.25, 0.3) is 0 Å². The summed E-state index contributed by atoms with van der Waals surface area (Å²) in [6, 6.07) is 10.2. The van der Waals surface area contributed by atoms with Gasteiger partial charge >= 0.3 is 0 Å². The Kier molecular flexibility index (Phi) is 3.67. The Morgan fingerprint density at radius 3 is 2.65 bits per heavy atom. The van der Waals surface area contributed by atoms with Gasteiger partial charge in [-0.1, -0.05) is 37.3 Å². The van der Waals surface area contributed by atoms with Crippen molar-refractivity contribution in [1.82, 2.24) is 4.90 Å². The molecule has 0 radical (unpaired) electrons. The minimum Gasteiger partial charge on any atom is -0.370 e. The molecule has 2 atom stereocenters. The molecular weight excluding hydrogens is 210 g/mol. The van der Waals surface area contributed by atoms with Gasteiger partial charge in [-0.3, -0.25) is 0 Å². The van der Waals surface area contributed by atoms with Crippen molar-refractivity contribution in [2.75, 3.05) is 13.6 Å². The van der Waals surface area contributed by atoms with Crippen molar-refractivity contribution < 1.29 is 0 Å². The Bertz CT molecular complexity index is 386. The van der Waals surface area contributed by atoms with Gasteiger partial charge in [-0.25, -0.2) is 4.99 Å². The highest BCUT2D eigenvalue weighted by molar-refractivity contribution is 5.77. The number of aliphatic imine (C=N–C) groups is 1. The van der Waals surface area contributed by atoms with Crippen LogP contribution in [0.1, 0.15) is 18.9 Å². The van der Waals surface area contributed by atoms with Gasteiger partial charge in [0.05, 0.1) is 6.54 Å². The second-order valence-electron chi connectivity index (χ2n) is 5.01. The second kappa shape index (κ2) is 5.21. The number of rotatable bonds is 4. The first kappa shape index (κ1) is 12.0. The zero-order chi connectivity index (χ0) is 12.3. The van der Waals surface area contributed by atoms with Crippen LogP contribution in [0.15, 0.2) is 35.3 Å². The highest BCUT2D eigenvalue weighted by Gasteiger charge is 2.33. The molecule has 1 aromatic carbocycles. The predicted molar refractivity (Wildman–Crippen MR) is 71.7 cm³/mol. The molecule has 2 unspecified atom stereocenters. The maximum atomic E-state index is 5.96. The molecule has 0 bridgehead atoms. The van der Waals surface area contributed by atoms with Crippen molar-refractivity contribution in [2.45, 2.75) is 19.9 Å². The molecule has 1 saturated carbocycles. The predicted octanol–water partition coefficient (Wildman–Crippen LogP) is 2.09. The van der Waals surface area contributed by atoms with E-state index in [0.717, 1.165) is 18.4 Å². The van der Waals surface area contributed by atoms with Crippen LogP contribution < -0.4 is 5.73 Å². The van der Waals surface area contributed by atoms with E-state index in [2.05, 4.69) is 28.9 Å². The summed E-state index contributed by atoms with van der Waals surface area (Å²) < 4.78 is 0. The molecule has 0 aliphatic heterocycles. The van der Waals surface area contributed by atoms with E-state index in [0.29, 0.717) is 12.5 Å². The Balaban J connectivity index is 1.84. The van der Waals surface area contributed by atoms with Gasteiger partial charge in [0, 0.05) is 13.6 Å². The zero-order valence-corrected chi connectivity index (χ0v) is 10.6. The first-order chi connectivity index (χ1) is 8.16. The number of nitrogens with two attached hydrogens (primary N) is 1. The van der Waals surface area contributed by atoms with E-state index >= 15 is 0 Å². The van der Waals surface area contributed by atoms with E-state index in [1.54, 1.807) is 0 Å². The summed E-state index contributed by atoms with van der Waals surface area (Å²) in [5, 5.41) is 0. The van der Waals surface area contributed by atoms with Crippen LogP contribution in [0.2, 0.25) is 0 Å². The van der Waals surface area contributed by atoms with Gasteiger partial charge in [-0.2, -0.15) is 0 Å². The van der Waals surface area contributed by atoms with Gasteiger partial charge in [-0.05, 0) is 23.8 Å². The molecule has 17 heavy (non-hydrogen) atoms. The van der Waals surface area contributed by atoms with E-state index < -0.39 is 0 Å². The monoisotopic (exact) mass is 231 g/mol. The molecule has 1 fully saturated rings. The summed E-state index contributed by atoms with van der Waals surface area (Å²) in [6.07, 6.45) is 1.33. The molecule has 1 aromatic rings. The normalized spacial score (nSPS) is 23.5. The maximum Gasteiger partial charge on any atom is 0.191 e. The maximum absolute atomic E-state index is 5.96. The molecule has 1 aliphatic rings. The quantitative estimate of drug-likeness (QED) is 0.637. The summed E-state index contributed by atoms with van der Waals surface area (Å²) in [6.45, 7) is 3.98. The highest BCUT2D eigenvalue weighted by Crippen LogP contribution is 2.37. The Morgan fingerprint density at radius 2 is 2.06 bits per heavy atom. The van der Waals surface area contributed by atoms with Gasteiger partial charge in [0.2, 0.25) is 0 Å². The van der Waals surface area contributed by atoms with Crippen molar-refractivity contribution >= 4 is 5.96 Å². The number of hydrogen-bond acceptors (Lipinski definition) is 1. The van der Waals surface area contributed by atoms with Crippen LogP contribution in [0.5, 0.6) is 0 Å². The average Bonchev–Trinajstić information content (AvgIpc) is 3.03. The van der Waals surface area contributed by atoms with Gasteiger partial charge in [-0.15, -0.1) is 0 Å². The third-order valence-electron chi connectivity index (χ3n) is 3.44. The number of nitrogens with zero attached hydrogens (tertiary/aromatic N) is 2. The van der Waals surface area contributed by atoms with Crippen LogP contribution >= 0.6 is 0 Å². The van der Waals surface area contributed by atoms with Crippen LogP contribution in [-0.4, -0.2) is 24.5 Å². The van der Waals surface area contributed by atoms with Crippen LogP contribution in [0, 0.1) is 11.8 Å². The molecule has 0 heterocycles. The van der Waals surface area contributed by atoms with Gasteiger partial charge in [0.25, 0.3) is 0 Å². The minimum atomic E-state index is 0.646. The lowest BCUT2D eigenvalue weighted by Gasteiger charge is -2.17. The molecule has 2 N–H and O–H groups in total. The number of benzene rings is 1. The summed E-state index contributed by atoms with van der Waals surface area (Å²) in [5.41, 5.74) is 7.16. The van der Waals surface area contributed by atoms with Crippen LogP contribution in [0.3, 0.4) is 0 Å². The summed E-state index contributed by atoms with van der Waals surface area (Å²) in [5.74, 6) is 2.32. The summed E-state index contributed by atoms with van der Waals surface area (Å²) in [7, 11) is 2.02. The first-order valence-corrected chi connectivity index (χ1v) is 6.22. The van der Waals surface area contributed by atoms with E-state index in [1.165, 1.54) is 12.0 Å². The smallest absolute Gasteiger partial charge is 0.191 e. The fourth-order valence-electron chi connectivity index (χ4n) is 1.98. The van der Waals surface area contributed by atoms with Crippen molar-refractivity contribution in [2.24, 2.45) is 22.6 Å². The van der Waals surface area contributed by atoms with Crippen molar-refractivity contribution in [3.05, 3.63) is 35.9 Å². The van der Waals surface area contributed by atoms with E-state index in [9.17, 15) is 0 Å². The Hall–Kier alpha value is -1.51. The lowest BCUT2D eigenvalue weighted by molar-refractivity contribution is 0.456. The molecule has 1 aliphatic carbocycles.